The predicted molar refractivity (Wildman–Crippen MR) is 123 cm³/mol. The Morgan fingerprint density at radius 3 is 2.16 bits per heavy atom. The summed E-state index contributed by atoms with van der Waals surface area (Å²) < 4.78 is 11.1. The molecule has 1 aliphatic rings. The van der Waals surface area contributed by atoms with Gasteiger partial charge in [-0.2, -0.15) is 0 Å². The highest BCUT2D eigenvalue weighted by atomic mass is 16.5. The van der Waals surface area contributed by atoms with Gasteiger partial charge in [0.05, 0.1) is 18.9 Å². The summed E-state index contributed by atoms with van der Waals surface area (Å²) in [5, 5.41) is 2.23. The van der Waals surface area contributed by atoms with Gasteiger partial charge in [0.15, 0.2) is 0 Å². The van der Waals surface area contributed by atoms with Crippen molar-refractivity contribution in [3.63, 3.8) is 0 Å². The van der Waals surface area contributed by atoms with Crippen LogP contribution < -0.4 is 19.7 Å². The topological polar surface area (TPSA) is 84.9 Å². The zero-order chi connectivity index (χ0) is 22.9. The van der Waals surface area contributed by atoms with Gasteiger partial charge in [-0.15, -0.1) is 0 Å². The fourth-order valence-corrected chi connectivity index (χ4v) is 3.30. The molecular formula is C25H28N2O5. The van der Waals surface area contributed by atoms with Gasteiger partial charge >= 0.3 is 6.03 Å². The molecule has 0 aliphatic carbocycles. The van der Waals surface area contributed by atoms with E-state index in [2.05, 4.69) is 12.2 Å². The predicted octanol–water partition coefficient (Wildman–Crippen LogP) is 4.71. The average molecular weight is 437 g/mol. The maximum atomic E-state index is 13.0. The number of ether oxygens (including phenoxy) is 2. The van der Waals surface area contributed by atoms with E-state index in [4.69, 9.17) is 9.47 Å². The third-order valence-electron chi connectivity index (χ3n) is 4.97. The number of anilines is 1. The summed E-state index contributed by atoms with van der Waals surface area (Å²) in [4.78, 5) is 38.6. The van der Waals surface area contributed by atoms with Crippen molar-refractivity contribution >= 4 is 29.6 Å². The van der Waals surface area contributed by atoms with Crippen LogP contribution in [-0.2, 0) is 9.59 Å². The minimum Gasteiger partial charge on any atom is -0.494 e. The Kier molecular flexibility index (Phi) is 8.02. The number of nitrogens with one attached hydrogen (secondary N) is 1. The number of urea groups is 1. The molecule has 0 spiro atoms. The number of benzene rings is 2. The molecule has 2 aromatic carbocycles. The van der Waals surface area contributed by atoms with E-state index in [1.165, 1.54) is 18.9 Å². The van der Waals surface area contributed by atoms with E-state index in [-0.39, 0.29) is 5.57 Å². The van der Waals surface area contributed by atoms with Crippen molar-refractivity contribution in [1.29, 1.82) is 0 Å². The molecule has 4 amide bonds. The number of hydrogen-bond donors (Lipinski definition) is 1. The highest BCUT2D eigenvalue weighted by molar-refractivity contribution is 6.39. The lowest BCUT2D eigenvalue weighted by atomic mass is 10.1. The molecule has 0 atom stereocenters. The van der Waals surface area contributed by atoms with Crippen LogP contribution in [0, 0.1) is 0 Å². The summed E-state index contributed by atoms with van der Waals surface area (Å²) in [6.07, 6.45) is 5.99. The van der Waals surface area contributed by atoms with Crippen LogP contribution in [0.4, 0.5) is 10.5 Å². The van der Waals surface area contributed by atoms with E-state index in [0.717, 1.165) is 23.5 Å². The zero-order valence-corrected chi connectivity index (χ0v) is 18.4. The molecule has 1 saturated heterocycles. The van der Waals surface area contributed by atoms with Gasteiger partial charge < -0.3 is 9.47 Å². The van der Waals surface area contributed by atoms with Gasteiger partial charge in [0.1, 0.15) is 17.1 Å². The van der Waals surface area contributed by atoms with Gasteiger partial charge in [0.25, 0.3) is 11.8 Å². The molecule has 1 fully saturated rings. The molecule has 3 rings (SSSR count). The number of hydrogen-bond acceptors (Lipinski definition) is 5. The number of amides is 4. The van der Waals surface area contributed by atoms with Crippen molar-refractivity contribution in [2.75, 3.05) is 18.1 Å². The lowest BCUT2D eigenvalue weighted by Gasteiger charge is -2.26. The Bertz CT molecular complexity index is 980. The molecule has 0 radical (unpaired) electrons. The molecule has 0 bridgehead atoms. The Morgan fingerprint density at radius 1 is 0.844 bits per heavy atom. The van der Waals surface area contributed by atoms with E-state index in [9.17, 15) is 14.4 Å². The lowest BCUT2D eigenvalue weighted by molar-refractivity contribution is -0.122. The van der Waals surface area contributed by atoms with E-state index < -0.39 is 17.8 Å². The summed E-state index contributed by atoms with van der Waals surface area (Å²) in [5.74, 6) is -0.0486. The van der Waals surface area contributed by atoms with Gasteiger partial charge in [-0.05, 0) is 61.4 Å². The third-order valence-corrected chi connectivity index (χ3v) is 4.97. The van der Waals surface area contributed by atoms with Gasteiger partial charge in [-0.25, -0.2) is 9.69 Å². The molecule has 168 valence electrons. The van der Waals surface area contributed by atoms with Crippen LogP contribution in [0.15, 0.2) is 54.1 Å². The normalized spacial score (nSPS) is 15.1. The molecule has 0 aromatic heterocycles. The number of rotatable bonds is 10. The molecule has 2 aromatic rings. The monoisotopic (exact) mass is 436 g/mol. The van der Waals surface area contributed by atoms with Gasteiger partial charge in [0, 0.05) is 0 Å². The van der Waals surface area contributed by atoms with Crippen LogP contribution in [-0.4, -0.2) is 31.1 Å². The van der Waals surface area contributed by atoms with E-state index in [0.29, 0.717) is 30.2 Å². The van der Waals surface area contributed by atoms with Crippen molar-refractivity contribution in [3.05, 3.63) is 59.7 Å². The highest BCUT2D eigenvalue weighted by Crippen LogP contribution is 2.25. The first-order valence-corrected chi connectivity index (χ1v) is 10.9. The fraction of sp³-hybridized carbons (Fsp3) is 0.320. The van der Waals surface area contributed by atoms with E-state index >= 15 is 0 Å². The minimum absolute atomic E-state index is 0.119. The summed E-state index contributed by atoms with van der Waals surface area (Å²) >= 11 is 0. The Hall–Kier alpha value is -3.61. The summed E-state index contributed by atoms with van der Waals surface area (Å²) in [7, 11) is 0. The van der Waals surface area contributed by atoms with E-state index in [1.54, 1.807) is 48.5 Å². The Morgan fingerprint density at radius 2 is 1.50 bits per heavy atom. The highest BCUT2D eigenvalue weighted by Gasteiger charge is 2.36. The third kappa shape index (κ3) is 5.75. The fourth-order valence-electron chi connectivity index (χ4n) is 3.30. The van der Waals surface area contributed by atoms with Gasteiger partial charge in [-0.1, -0.05) is 38.3 Å². The number of unbranched alkanes of at least 4 members (excludes halogenated alkanes) is 3. The minimum atomic E-state index is -0.784. The largest absolute Gasteiger partial charge is 0.494 e. The number of carbonyl (C=O) groups is 3. The molecule has 0 saturated carbocycles. The summed E-state index contributed by atoms with van der Waals surface area (Å²) in [6.45, 7) is 5.19. The number of carbonyl (C=O) groups excluding carboxylic acids is 3. The second-order valence-electron chi connectivity index (χ2n) is 7.36. The quantitative estimate of drug-likeness (QED) is 0.331. The van der Waals surface area contributed by atoms with Gasteiger partial charge in [0.2, 0.25) is 0 Å². The zero-order valence-electron chi connectivity index (χ0n) is 18.4. The van der Waals surface area contributed by atoms with Crippen molar-refractivity contribution < 1.29 is 23.9 Å². The molecule has 7 nitrogen and oxygen atoms in total. The Balaban J connectivity index is 1.72. The second kappa shape index (κ2) is 11.1. The van der Waals surface area contributed by atoms with Crippen LogP contribution >= 0.6 is 0 Å². The smallest absolute Gasteiger partial charge is 0.335 e. The van der Waals surface area contributed by atoms with Crippen molar-refractivity contribution in [3.8, 4) is 11.5 Å². The molecular weight excluding hydrogens is 408 g/mol. The van der Waals surface area contributed by atoms with Gasteiger partial charge in [-0.3, -0.25) is 14.9 Å². The average Bonchev–Trinajstić information content (AvgIpc) is 2.78. The number of imide groups is 2. The molecule has 1 heterocycles. The van der Waals surface area contributed by atoms with E-state index in [1.807, 2.05) is 6.92 Å². The molecule has 7 heteroatoms. The maximum absolute atomic E-state index is 13.0. The first-order chi connectivity index (χ1) is 15.5. The SMILES string of the molecule is CCCCCCOc1ccc(/C=C2\C(=O)NC(=O)N(c3ccc(OCC)cc3)C2=O)cc1. The second-order valence-corrected chi connectivity index (χ2v) is 7.36. The summed E-state index contributed by atoms with van der Waals surface area (Å²) in [6, 6.07) is 12.9. The van der Waals surface area contributed by atoms with Crippen LogP contribution in [0.3, 0.4) is 0 Å². The van der Waals surface area contributed by atoms with Crippen LogP contribution in [0.25, 0.3) is 6.08 Å². The van der Waals surface area contributed by atoms with Crippen LogP contribution in [0.5, 0.6) is 11.5 Å². The first-order valence-electron chi connectivity index (χ1n) is 10.9. The van der Waals surface area contributed by atoms with Crippen molar-refractivity contribution in [2.24, 2.45) is 0 Å². The lowest BCUT2D eigenvalue weighted by Crippen LogP contribution is -2.54. The number of barbiturate groups is 1. The standard InChI is InChI=1S/C25H28N2O5/c1-3-5-6-7-16-32-21-12-8-18(9-13-21)17-22-23(28)26-25(30)27(24(22)29)19-10-14-20(15-11-19)31-4-2/h8-15,17H,3-7,16H2,1-2H3,(H,26,28,30)/b22-17+. The van der Waals surface area contributed by atoms with Crippen molar-refractivity contribution in [2.45, 2.75) is 39.5 Å². The molecule has 1 N–H and O–H groups in total. The van der Waals surface area contributed by atoms with Crippen LogP contribution in [0.2, 0.25) is 0 Å². The molecule has 32 heavy (non-hydrogen) atoms. The summed E-state index contributed by atoms with van der Waals surface area (Å²) in [5.41, 5.74) is 0.885. The van der Waals surface area contributed by atoms with Crippen molar-refractivity contribution in [1.82, 2.24) is 5.32 Å². The molecule has 0 unspecified atom stereocenters. The Labute approximate surface area is 188 Å². The number of nitrogens with zero attached hydrogens (tertiary/aromatic N) is 1. The maximum Gasteiger partial charge on any atom is 0.335 e. The van der Waals surface area contributed by atoms with Crippen LogP contribution in [0.1, 0.15) is 45.1 Å². The first kappa shape index (κ1) is 23.1. The molecule has 1 aliphatic heterocycles.